The molecular formula is C18H16F2N2O7. The van der Waals surface area contributed by atoms with Gasteiger partial charge in [-0.2, -0.15) is 0 Å². The van der Waals surface area contributed by atoms with Gasteiger partial charge in [0.1, 0.15) is 17.2 Å². The summed E-state index contributed by atoms with van der Waals surface area (Å²) >= 11 is 0. The van der Waals surface area contributed by atoms with Gasteiger partial charge in [-0.05, 0) is 19.1 Å². The van der Waals surface area contributed by atoms with Crippen LogP contribution in [0.25, 0.3) is 0 Å². The van der Waals surface area contributed by atoms with Gasteiger partial charge in [0.2, 0.25) is 0 Å². The van der Waals surface area contributed by atoms with Crippen LogP contribution in [0.5, 0.6) is 11.5 Å². The Morgan fingerprint density at radius 3 is 2.52 bits per heavy atom. The molecule has 2 rings (SSSR count). The van der Waals surface area contributed by atoms with Gasteiger partial charge in [0.05, 0.1) is 30.4 Å². The fourth-order valence-corrected chi connectivity index (χ4v) is 2.28. The molecule has 0 bridgehead atoms. The number of ether oxygens (including phenoxy) is 3. The molecule has 0 saturated heterocycles. The number of methoxy groups -OCH3 is 1. The van der Waals surface area contributed by atoms with Crippen LogP contribution >= 0.6 is 0 Å². The number of anilines is 1. The van der Waals surface area contributed by atoms with Crippen LogP contribution in [0.2, 0.25) is 0 Å². The predicted molar refractivity (Wildman–Crippen MR) is 96.1 cm³/mol. The average Bonchev–Trinajstić information content (AvgIpc) is 2.68. The Hall–Kier alpha value is -3.76. The lowest BCUT2D eigenvalue weighted by atomic mass is 10.1. The molecule has 1 N–H and O–H groups in total. The molecular weight excluding hydrogens is 394 g/mol. The Morgan fingerprint density at radius 2 is 1.90 bits per heavy atom. The van der Waals surface area contributed by atoms with E-state index in [4.69, 9.17) is 14.2 Å². The number of nitrogens with zero attached hydrogens (tertiary/aromatic N) is 1. The van der Waals surface area contributed by atoms with E-state index in [1.165, 1.54) is 7.11 Å². The van der Waals surface area contributed by atoms with Gasteiger partial charge in [0.15, 0.2) is 18.1 Å². The second-order valence-corrected chi connectivity index (χ2v) is 5.46. The van der Waals surface area contributed by atoms with Crippen LogP contribution in [-0.4, -0.2) is 37.1 Å². The summed E-state index contributed by atoms with van der Waals surface area (Å²) in [5.74, 6) is -3.72. The number of amides is 1. The molecule has 0 fully saturated rings. The van der Waals surface area contributed by atoms with Gasteiger partial charge in [0.25, 0.3) is 11.6 Å². The molecule has 29 heavy (non-hydrogen) atoms. The largest absolute Gasteiger partial charge is 0.493 e. The standard InChI is InChI=1S/C18H16F2N2O7/c1-3-28-16-7-11(14(22(25)26)8-15(16)27-2)18(24)29-9-17(23)21-13-6-10(19)4-5-12(13)20/h4-8H,3,9H2,1-2H3,(H,21,23). The van der Waals surface area contributed by atoms with Gasteiger partial charge in [0, 0.05) is 12.1 Å². The van der Waals surface area contributed by atoms with Crippen LogP contribution in [0, 0.1) is 21.7 Å². The number of hydrogen-bond donors (Lipinski definition) is 1. The molecule has 0 unspecified atom stereocenters. The van der Waals surface area contributed by atoms with Crippen LogP contribution < -0.4 is 14.8 Å². The highest BCUT2D eigenvalue weighted by Crippen LogP contribution is 2.35. The van der Waals surface area contributed by atoms with Crippen molar-refractivity contribution in [3.63, 3.8) is 0 Å². The van der Waals surface area contributed by atoms with Crippen molar-refractivity contribution in [2.75, 3.05) is 25.6 Å². The van der Waals surface area contributed by atoms with E-state index < -0.39 is 52.0 Å². The molecule has 2 aromatic carbocycles. The third-order valence-corrected chi connectivity index (χ3v) is 3.54. The van der Waals surface area contributed by atoms with Gasteiger partial charge in [-0.1, -0.05) is 0 Å². The Labute approximate surface area is 163 Å². The van der Waals surface area contributed by atoms with Crippen LogP contribution in [0.15, 0.2) is 30.3 Å². The highest BCUT2D eigenvalue weighted by Gasteiger charge is 2.26. The van der Waals surface area contributed by atoms with Crippen molar-refractivity contribution < 1.29 is 37.5 Å². The van der Waals surface area contributed by atoms with Crippen molar-refractivity contribution >= 4 is 23.3 Å². The summed E-state index contributed by atoms with van der Waals surface area (Å²) in [5.41, 5.74) is -1.53. The van der Waals surface area contributed by atoms with Crippen LogP contribution in [0.1, 0.15) is 17.3 Å². The molecule has 0 aliphatic heterocycles. The fourth-order valence-electron chi connectivity index (χ4n) is 2.28. The Balaban J connectivity index is 2.17. The monoisotopic (exact) mass is 410 g/mol. The number of carbonyl (C=O) groups is 2. The maximum atomic E-state index is 13.5. The molecule has 0 aromatic heterocycles. The molecule has 2 aromatic rings. The highest BCUT2D eigenvalue weighted by atomic mass is 19.1. The number of carbonyl (C=O) groups excluding carboxylic acids is 2. The molecule has 11 heteroatoms. The highest BCUT2D eigenvalue weighted by molar-refractivity contribution is 5.98. The van der Waals surface area contributed by atoms with Crippen molar-refractivity contribution in [1.29, 1.82) is 0 Å². The second kappa shape index (κ2) is 9.44. The van der Waals surface area contributed by atoms with Gasteiger partial charge in [-0.3, -0.25) is 14.9 Å². The first-order valence-electron chi connectivity index (χ1n) is 8.18. The molecule has 154 valence electrons. The zero-order valence-electron chi connectivity index (χ0n) is 15.4. The lowest BCUT2D eigenvalue weighted by molar-refractivity contribution is -0.385. The molecule has 0 saturated carbocycles. The molecule has 1 amide bonds. The molecule has 0 aliphatic rings. The summed E-state index contributed by atoms with van der Waals surface area (Å²) in [6, 6.07) is 4.48. The van der Waals surface area contributed by atoms with E-state index in [2.05, 4.69) is 0 Å². The summed E-state index contributed by atoms with van der Waals surface area (Å²) in [5, 5.41) is 13.3. The lowest BCUT2D eigenvalue weighted by Gasteiger charge is -2.12. The van der Waals surface area contributed by atoms with E-state index in [0.29, 0.717) is 0 Å². The number of halogens is 2. The molecule has 9 nitrogen and oxygen atoms in total. The minimum atomic E-state index is -1.19. The third-order valence-electron chi connectivity index (χ3n) is 3.54. The van der Waals surface area contributed by atoms with Crippen LogP contribution in [0.4, 0.5) is 20.2 Å². The average molecular weight is 410 g/mol. The first-order valence-corrected chi connectivity index (χ1v) is 8.18. The van der Waals surface area contributed by atoms with Crippen molar-refractivity contribution in [3.05, 3.63) is 57.6 Å². The normalized spacial score (nSPS) is 10.2. The van der Waals surface area contributed by atoms with E-state index in [9.17, 15) is 28.5 Å². The number of benzene rings is 2. The van der Waals surface area contributed by atoms with Gasteiger partial charge >= 0.3 is 5.97 Å². The van der Waals surface area contributed by atoms with Gasteiger partial charge in [-0.15, -0.1) is 0 Å². The number of nitro benzene ring substituents is 1. The fraction of sp³-hybridized carbons (Fsp3) is 0.222. The molecule has 0 radical (unpaired) electrons. The van der Waals surface area contributed by atoms with E-state index in [-0.39, 0.29) is 18.1 Å². The molecule has 0 heterocycles. The number of esters is 1. The minimum Gasteiger partial charge on any atom is -0.493 e. The van der Waals surface area contributed by atoms with Gasteiger partial charge < -0.3 is 19.5 Å². The van der Waals surface area contributed by atoms with Crippen molar-refractivity contribution in [2.45, 2.75) is 6.92 Å². The van der Waals surface area contributed by atoms with Crippen molar-refractivity contribution in [3.8, 4) is 11.5 Å². The number of rotatable bonds is 8. The SMILES string of the molecule is CCOc1cc(C(=O)OCC(=O)Nc2cc(F)ccc2F)c([N+](=O)[O-])cc1OC. The summed E-state index contributed by atoms with van der Waals surface area (Å²) < 4.78 is 41.7. The smallest absolute Gasteiger partial charge is 0.345 e. The van der Waals surface area contributed by atoms with E-state index >= 15 is 0 Å². The molecule has 0 spiro atoms. The minimum absolute atomic E-state index is 0.0365. The summed E-state index contributed by atoms with van der Waals surface area (Å²) in [6.07, 6.45) is 0. The zero-order valence-corrected chi connectivity index (χ0v) is 15.4. The van der Waals surface area contributed by atoms with Crippen molar-refractivity contribution in [2.24, 2.45) is 0 Å². The first kappa shape index (κ1) is 21.5. The van der Waals surface area contributed by atoms with E-state index in [0.717, 1.165) is 30.3 Å². The van der Waals surface area contributed by atoms with E-state index in [1.807, 2.05) is 5.32 Å². The molecule has 0 atom stereocenters. The number of hydrogen-bond acceptors (Lipinski definition) is 7. The van der Waals surface area contributed by atoms with Crippen LogP contribution in [0.3, 0.4) is 0 Å². The summed E-state index contributed by atoms with van der Waals surface area (Å²) in [4.78, 5) is 34.5. The third kappa shape index (κ3) is 5.37. The quantitative estimate of drug-likeness (QED) is 0.404. The van der Waals surface area contributed by atoms with Crippen LogP contribution in [-0.2, 0) is 9.53 Å². The Bertz CT molecular complexity index is 950. The predicted octanol–water partition coefficient (Wildman–Crippen LogP) is 3.08. The Kier molecular flexibility index (Phi) is 7.01. The number of nitro groups is 1. The van der Waals surface area contributed by atoms with Gasteiger partial charge in [-0.25, -0.2) is 13.6 Å². The van der Waals surface area contributed by atoms with Crippen molar-refractivity contribution in [1.82, 2.24) is 0 Å². The Morgan fingerprint density at radius 1 is 1.17 bits per heavy atom. The number of nitrogens with one attached hydrogen (secondary N) is 1. The lowest BCUT2D eigenvalue weighted by Crippen LogP contribution is -2.22. The maximum Gasteiger partial charge on any atom is 0.345 e. The maximum absolute atomic E-state index is 13.5. The second-order valence-electron chi connectivity index (χ2n) is 5.46. The molecule has 0 aliphatic carbocycles. The van der Waals surface area contributed by atoms with E-state index in [1.54, 1.807) is 6.92 Å². The summed E-state index contributed by atoms with van der Waals surface area (Å²) in [7, 11) is 1.27. The topological polar surface area (TPSA) is 117 Å². The summed E-state index contributed by atoms with van der Waals surface area (Å²) in [6.45, 7) is 0.973. The zero-order chi connectivity index (χ0) is 21.6. The first-order chi connectivity index (χ1) is 13.8.